The van der Waals surface area contributed by atoms with E-state index in [4.69, 9.17) is 0 Å². The van der Waals surface area contributed by atoms with E-state index >= 15 is 0 Å². The maximum atomic E-state index is 3.81. The van der Waals surface area contributed by atoms with Gasteiger partial charge in [0.15, 0.2) is 0 Å². The van der Waals surface area contributed by atoms with E-state index in [1.807, 2.05) is 6.20 Å². The Hall–Kier alpha value is 0.644. The zero-order valence-corrected chi connectivity index (χ0v) is 9.05. The number of nitrogens with one attached hydrogen (secondary N) is 1. The van der Waals surface area contributed by atoms with E-state index in [9.17, 15) is 0 Å². The molecule has 1 rings (SSSR count). The Morgan fingerprint density at radius 3 is 3.00 bits per heavy atom. The standard InChI is InChI=1S/C8H13N.Y/c1-2-4-8-5-3-6-9-7-8;/h3,6-9H,1-2,4-5H2;/q-2;. The molecule has 0 amide bonds. The van der Waals surface area contributed by atoms with Crippen molar-refractivity contribution in [3.63, 3.8) is 0 Å². The quantitative estimate of drug-likeness (QED) is 0.689. The summed E-state index contributed by atoms with van der Waals surface area (Å²) in [6.07, 6.45) is 7.58. The Morgan fingerprint density at radius 1 is 1.70 bits per heavy atom. The van der Waals surface area contributed by atoms with Crippen LogP contribution in [-0.4, -0.2) is 0 Å². The van der Waals surface area contributed by atoms with Crippen LogP contribution in [0.3, 0.4) is 0 Å². The molecule has 0 aromatic carbocycles. The van der Waals surface area contributed by atoms with E-state index in [2.05, 4.69) is 24.9 Å². The van der Waals surface area contributed by atoms with Crippen molar-refractivity contribution in [2.24, 2.45) is 5.92 Å². The third kappa shape index (κ3) is 3.73. The molecule has 1 nitrogen and oxygen atoms in total. The van der Waals surface area contributed by atoms with Crippen molar-refractivity contribution in [2.45, 2.75) is 19.3 Å². The fraction of sp³-hybridized carbons (Fsp3) is 0.500. The molecule has 1 unspecified atom stereocenters. The van der Waals surface area contributed by atoms with Gasteiger partial charge in [0, 0.05) is 32.7 Å². The predicted octanol–water partition coefficient (Wildman–Crippen LogP) is 1.88. The summed E-state index contributed by atoms with van der Waals surface area (Å²) in [5.41, 5.74) is 0. The molecule has 0 saturated carbocycles. The summed E-state index contributed by atoms with van der Waals surface area (Å²) in [5.74, 6) is 0.715. The van der Waals surface area contributed by atoms with Crippen molar-refractivity contribution in [3.05, 3.63) is 25.7 Å². The maximum absolute atomic E-state index is 3.81. The molecule has 0 aromatic rings. The van der Waals surface area contributed by atoms with Gasteiger partial charge in [-0.3, -0.25) is 0 Å². The molecular formula is C8H13NY-2. The van der Waals surface area contributed by atoms with Gasteiger partial charge in [0.1, 0.15) is 0 Å². The molecule has 1 heterocycles. The van der Waals surface area contributed by atoms with Gasteiger partial charge in [-0.2, -0.15) is 6.42 Å². The molecule has 2 heteroatoms. The van der Waals surface area contributed by atoms with Gasteiger partial charge in [0.2, 0.25) is 0 Å². The predicted molar refractivity (Wildman–Crippen MR) is 39.3 cm³/mol. The van der Waals surface area contributed by atoms with Crippen LogP contribution >= 0.6 is 0 Å². The number of hydrogen-bond acceptors (Lipinski definition) is 1. The smallest absolute Gasteiger partial charge is 0 e. The van der Waals surface area contributed by atoms with Gasteiger partial charge in [0.05, 0.1) is 0 Å². The monoisotopic (exact) mass is 212 g/mol. The number of allylic oxidation sites excluding steroid dienone is 1. The molecule has 0 aliphatic carbocycles. The van der Waals surface area contributed by atoms with Gasteiger partial charge < -0.3 is 12.2 Å². The molecule has 1 radical (unpaired) electrons. The molecule has 0 aromatic heterocycles. The van der Waals surface area contributed by atoms with Crippen LogP contribution in [0.1, 0.15) is 19.3 Å². The largest absolute Gasteiger partial charge is 0.541 e. The van der Waals surface area contributed by atoms with E-state index in [0.717, 1.165) is 6.42 Å². The number of hydrogen-bond donors (Lipinski definition) is 1. The fourth-order valence-corrected chi connectivity index (χ4v) is 1.03. The Kier molecular flexibility index (Phi) is 6.77. The van der Waals surface area contributed by atoms with Crippen LogP contribution in [-0.2, 0) is 32.7 Å². The fourth-order valence-electron chi connectivity index (χ4n) is 1.03. The molecule has 1 N–H and O–H groups in total. The van der Waals surface area contributed by atoms with Crippen LogP contribution in [0, 0.1) is 19.4 Å². The zero-order chi connectivity index (χ0) is 6.53. The van der Waals surface area contributed by atoms with Gasteiger partial charge in [-0.1, -0.05) is 12.5 Å². The average molecular weight is 212 g/mol. The van der Waals surface area contributed by atoms with Crippen LogP contribution in [0.5, 0.6) is 0 Å². The van der Waals surface area contributed by atoms with Gasteiger partial charge in [0.25, 0.3) is 0 Å². The van der Waals surface area contributed by atoms with Crippen LogP contribution in [0.2, 0.25) is 0 Å². The Bertz CT molecular complexity index is 101. The minimum atomic E-state index is 0. The summed E-state index contributed by atoms with van der Waals surface area (Å²) in [4.78, 5) is 0. The van der Waals surface area contributed by atoms with Crippen molar-refractivity contribution in [2.75, 3.05) is 0 Å². The van der Waals surface area contributed by atoms with E-state index < -0.39 is 0 Å². The van der Waals surface area contributed by atoms with Crippen molar-refractivity contribution in [1.29, 1.82) is 0 Å². The molecule has 0 saturated heterocycles. The van der Waals surface area contributed by atoms with Gasteiger partial charge in [-0.05, 0) is 6.20 Å². The first-order valence-corrected chi connectivity index (χ1v) is 3.47. The molecule has 1 atom stereocenters. The van der Waals surface area contributed by atoms with Crippen molar-refractivity contribution >= 4 is 0 Å². The summed E-state index contributed by atoms with van der Waals surface area (Å²) in [6, 6.07) is 0. The maximum Gasteiger partial charge on any atom is 0 e. The van der Waals surface area contributed by atoms with Gasteiger partial charge in [-0.25, -0.2) is 6.54 Å². The first-order chi connectivity index (χ1) is 4.43. The van der Waals surface area contributed by atoms with Gasteiger partial charge in [-0.15, -0.1) is 12.3 Å². The van der Waals surface area contributed by atoms with Crippen LogP contribution < -0.4 is 5.32 Å². The van der Waals surface area contributed by atoms with Gasteiger partial charge >= 0.3 is 0 Å². The first-order valence-electron chi connectivity index (χ1n) is 3.47. The summed E-state index contributed by atoms with van der Waals surface area (Å²) < 4.78 is 0. The summed E-state index contributed by atoms with van der Waals surface area (Å²) >= 11 is 0. The van der Waals surface area contributed by atoms with Crippen LogP contribution in [0.25, 0.3) is 0 Å². The topological polar surface area (TPSA) is 12.0 Å². The molecule has 10 heavy (non-hydrogen) atoms. The summed E-state index contributed by atoms with van der Waals surface area (Å²) in [5, 5.41) is 3.09. The minimum Gasteiger partial charge on any atom is -0.541 e. The minimum absolute atomic E-state index is 0. The van der Waals surface area contributed by atoms with Crippen LogP contribution in [0.4, 0.5) is 0 Å². The zero-order valence-electron chi connectivity index (χ0n) is 6.22. The Labute approximate surface area is 88.5 Å². The van der Waals surface area contributed by atoms with E-state index in [1.165, 1.54) is 12.8 Å². The van der Waals surface area contributed by atoms with E-state index in [1.54, 1.807) is 0 Å². The van der Waals surface area contributed by atoms with Crippen molar-refractivity contribution in [1.82, 2.24) is 5.32 Å². The molecule has 1 aliphatic heterocycles. The first kappa shape index (κ1) is 10.6. The molecular weight excluding hydrogens is 199 g/mol. The average Bonchev–Trinajstić information content (AvgIpc) is 1.91. The van der Waals surface area contributed by atoms with Crippen molar-refractivity contribution in [3.8, 4) is 0 Å². The molecule has 1 aliphatic rings. The SMILES string of the molecule is [CH2-]CCC1[CH-]NC=CC1.[Y]. The van der Waals surface area contributed by atoms with E-state index in [0.29, 0.717) is 5.92 Å². The second-order valence-corrected chi connectivity index (χ2v) is 2.37. The third-order valence-electron chi connectivity index (χ3n) is 1.56. The molecule has 55 valence electrons. The summed E-state index contributed by atoms with van der Waals surface area (Å²) in [7, 11) is 0. The molecule has 0 bridgehead atoms. The normalized spacial score (nSPS) is 23.1. The second-order valence-electron chi connectivity index (χ2n) is 2.37. The Morgan fingerprint density at radius 2 is 2.50 bits per heavy atom. The van der Waals surface area contributed by atoms with E-state index in [-0.39, 0.29) is 32.7 Å². The number of rotatable bonds is 2. The second kappa shape index (κ2) is 6.36. The Balaban J connectivity index is 0.000000810. The third-order valence-corrected chi connectivity index (χ3v) is 1.56. The van der Waals surface area contributed by atoms with Crippen LogP contribution in [0.15, 0.2) is 12.3 Å². The van der Waals surface area contributed by atoms with Crippen molar-refractivity contribution < 1.29 is 32.7 Å². The summed E-state index contributed by atoms with van der Waals surface area (Å²) in [6.45, 7) is 5.95. The molecule has 0 spiro atoms. The molecule has 0 fully saturated rings.